The average molecular weight is 433 g/mol. The van der Waals surface area contributed by atoms with E-state index in [1.54, 1.807) is 21.8 Å². The molecule has 4 heterocycles. The van der Waals surface area contributed by atoms with Gasteiger partial charge in [0, 0.05) is 44.4 Å². The van der Waals surface area contributed by atoms with E-state index < -0.39 is 0 Å². The van der Waals surface area contributed by atoms with Crippen molar-refractivity contribution in [3.63, 3.8) is 0 Å². The van der Waals surface area contributed by atoms with Crippen LogP contribution in [0.3, 0.4) is 0 Å². The van der Waals surface area contributed by atoms with Gasteiger partial charge in [-0.25, -0.2) is 4.68 Å². The third-order valence-electron chi connectivity index (χ3n) is 5.32. The molecule has 10 heteroatoms. The molecule has 0 radical (unpaired) electrons. The largest absolute Gasteiger partial charge is 0.379 e. The smallest absolute Gasteiger partial charge is 0.241 e. The van der Waals surface area contributed by atoms with Crippen molar-refractivity contribution in [1.29, 1.82) is 0 Å². The van der Waals surface area contributed by atoms with E-state index in [9.17, 15) is 4.79 Å². The third kappa shape index (κ3) is 4.51. The van der Waals surface area contributed by atoms with Crippen LogP contribution in [-0.4, -0.2) is 60.9 Å². The molecule has 0 N–H and O–H groups in total. The van der Waals surface area contributed by atoms with Gasteiger partial charge in [0.05, 0.1) is 32.2 Å². The zero-order valence-electron chi connectivity index (χ0n) is 17.7. The van der Waals surface area contributed by atoms with Gasteiger partial charge in [-0.3, -0.25) is 14.4 Å². The van der Waals surface area contributed by atoms with Gasteiger partial charge in [-0.15, -0.1) is 0 Å². The van der Waals surface area contributed by atoms with Gasteiger partial charge < -0.3 is 9.26 Å². The lowest BCUT2D eigenvalue weighted by molar-refractivity contribution is 0.0297. The van der Waals surface area contributed by atoms with Gasteiger partial charge in [-0.1, -0.05) is 23.4 Å². The third-order valence-corrected chi connectivity index (χ3v) is 5.32. The molecule has 10 nitrogen and oxygen atoms in total. The summed E-state index contributed by atoms with van der Waals surface area (Å²) >= 11 is 0. The van der Waals surface area contributed by atoms with Crippen molar-refractivity contribution in [2.75, 3.05) is 26.3 Å². The van der Waals surface area contributed by atoms with Crippen LogP contribution in [0, 0.1) is 0 Å². The number of hydrogen-bond acceptors (Lipinski definition) is 8. The first-order valence-electron chi connectivity index (χ1n) is 10.4. The number of hydrogen-bond donors (Lipinski definition) is 0. The number of rotatable bonds is 6. The lowest BCUT2D eigenvalue weighted by atomic mass is 10.1. The summed E-state index contributed by atoms with van der Waals surface area (Å²) < 4.78 is 14.2. The maximum atomic E-state index is 12.4. The highest BCUT2D eigenvalue weighted by atomic mass is 16.5. The highest BCUT2D eigenvalue weighted by molar-refractivity contribution is 5.55. The molecule has 164 valence electrons. The van der Waals surface area contributed by atoms with Gasteiger partial charge in [0.15, 0.2) is 0 Å². The number of aromatic nitrogens is 6. The number of ether oxygens (including phenoxy) is 1. The first-order chi connectivity index (χ1) is 15.6. The van der Waals surface area contributed by atoms with Crippen LogP contribution in [0.1, 0.15) is 17.1 Å². The van der Waals surface area contributed by atoms with Crippen molar-refractivity contribution in [1.82, 2.24) is 34.6 Å². The van der Waals surface area contributed by atoms with Crippen LogP contribution in [0.15, 0.2) is 58.2 Å². The zero-order valence-corrected chi connectivity index (χ0v) is 17.7. The van der Waals surface area contributed by atoms with Gasteiger partial charge in [-0.2, -0.15) is 15.2 Å². The molecule has 1 aliphatic rings. The summed E-state index contributed by atoms with van der Waals surface area (Å²) in [7, 11) is 1.84. The van der Waals surface area contributed by atoms with E-state index in [4.69, 9.17) is 9.26 Å². The fraction of sp³-hybridized carbons (Fsp3) is 0.318. The van der Waals surface area contributed by atoms with E-state index in [-0.39, 0.29) is 5.43 Å². The SMILES string of the molecule is Cn1cc(-n2ccc(=O)c(Cc3cccc(-c4noc(CN5CCOCC5)n4)c3)n2)cn1. The second-order valence-electron chi connectivity index (χ2n) is 7.72. The predicted octanol–water partition coefficient (Wildman–Crippen LogP) is 1.44. The van der Waals surface area contributed by atoms with Gasteiger partial charge >= 0.3 is 0 Å². The Bertz CT molecular complexity index is 1270. The maximum Gasteiger partial charge on any atom is 0.241 e. The summed E-state index contributed by atoms with van der Waals surface area (Å²) in [5.74, 6) is 1.11. The molecule has 0 spiro atoms. The highest BCUT2D eigenvalue weighted by Gasteiger charge is 2.16. The first kappa shape index (κ1) is 20.3. The van der Waals surface area contributed by atoms with Crippen LogP contribution < -0.4 is 5.43 Å². The van der Waals surface area contributed by atoms with Crippen molar-refractivity contribution in [2.24, 2.45) is 7.05 Å². The summed E-state index contributed by atoms with van der Waals surface area (Å²) in [5.41, 5.74) is 2.91. The van der Waals surface area contributed by atoms with E-state index in [1.807, 2.05) is 37.5 Å². The Balaban J connectivity index is 1.34. The second-order valence-corrected chi connectivity index (χ2v) is 7.72. The molecule has 4 aromatic rings. The highest BCUT2D eigenvalue weighted by Crippen LogP contribution is 2.19. The van der Waals surface area contributed by atoms with Crippen LogP contribution in [0.2, 0.25) is 0 Å². The summed E-state index contributed by atoms with van der Waals surface area (Å²) in [6.45, 7) is 3.76. The Morgan fingerprint density at radius 2 is 2.03 bits per heavy atom. The fourth-order valence-electron chi connectivity index (χ4n) is 3.64. The summed E-state index contributed by atoms with van der Waals surface area (Å²) in [6, 6.07) is 9.30. The van der Waals surface area contributed by atoms with Gasteiger partial charge in [0.1, 0.15) is 11.4 Å². The van der Waals surface area contributed by atoms with Crippen LogP contribution in [0.5, 0.6) is 0 Å². The molecule has 32 heavy (non-hydrogen) atoms. The van der Waals surface area contributed by atoms with Gasteiger partial charge in [-0.05, 0) is 11.6 Å². The summed E-state index contributed by atoms with van der Waals surface area (Å²) in [5, 5.41) is 12.8. The van der Waals surface area contributed by atoms with Crippen molar-refractivity contribution in [2.45, 2.75) is 13.0 Å². The molecule has 0 aliphatic carbocycles. The molecule has 0 bridgehead atoms. The van der Waals surface area contributed by atoms with Crippen LogP contribution in [0.4, 0.5) is 0 Å². The number of morpholine rings is 1. The topological polar surface area (TPSA) is 104 Å². The molecule has 1 aromatic carbocycles. The van der Waals surface area contributed by atoms with Gasteiger partial charge in [0.25, 0.3) is 0 Å². The Kier molecular flexibility index (Phi) is 5.61. The molecule has 0 amide bonds. The Morgan fingerprint density at radius 1 is 1.16 bits per heavy atom. The summed E-state index contributed by atoms with van der Waals surface area (Å²) in [4.78, 5) is 19.2. The quantitative estimate of drug-likeness (QED) is 0.450. The molecule has 5 rings (SSSR count). The minimum atomic E-state index is -0.108. The zero-order chi connectivity index (χ0) is 21.9. The van der Waals surface area contributed by atoms with Crippen molar-refractivity contribution < 1.29 is 9.26 Å². The molecule has 3 aromatic heterocycles. The van der Waals surface area contributed by atoms with Gasteiger partial charge in [0.2, 0.25) is 17.1 Å². The maximum absolute atomic E-state index is 12.4. The first-order valence-corrected chi connectivity index (χ1v) is 10.4. The standard InChI is InChI=1S/C22H23N7O3/c1-27-14-18(13-23-27)29-6-5-20(30)19(25-29)12-16-3-2-4-17(11-16)22-24-21(32-26-22)15-28-7-9-31-10-8-28/h2-6,11,13-14H,7-10,12,15H2,1H3. The van der Waals surface area contributed by atoms with Crippen molar-refractivity contribution in [3.8, 4) is 17.1 Å². The molecule has 0 unspecified atom stereocenters. The normalized spacial score (nSPS) is 14.7. The minimum absolute atomic E-state index is 0.108. The Morgan fingerprint density at radius 3 is 2.84 bits per heavy atom. The Labute approximate surface area is 184 Å². The van der Waals surface area contributed by atoms with Crippen molar-refractivity contribution in [3.05, 3.63) is 76.3 Å². The second kappa shape index (κ2) is 8.85. The molecule has 1 fully saturated rings. The number of nitrogens with zero attached hydrogens (tertiary/aromatic N) is 7. The fourth-order valence-corrected chi connectivity index (χ4v) is 3.64. The number of benzene rings is 1. The molecule has 1 aliphatic heterocycles. The van der Waals surface area contributed by atoms with Crippen LogP contribution in [-0.2, 0) is 24.8 Å². The lowest BCUT2D eigenvalue weighted by Gasteiger charge is -2.24. The minimum Gasteiger partial charge on any atom is -0.379 e. The van der Waals surface area contributed by atoms with E-state index in [0.717, 1.165) is 43.1 Å². The number of aryl methyl sites for hydroxylation is 1. The molecule has 1 saturated heterocycles. The predicted molar refractivity (Wildman–Crippen MR) is 115 cm³/mol. The van der Waals surface area contributed by atoms with E-state index in [2.05, 4.69) is 25.2 Å². The average Bonchev–Trinajstić information content (AvgIpc) is 3.45. The Hall–Kier alpha value is -3.63. The molecular formula is C22H23N7O3. The van der Waals surface area contributed by atoms with E-state index >= 15 is 0 Å². The molecule has 0 atom stereocenters. The summed E-state index contributed by atoms with van der Waals surface area (Å²) in [6.07, 6.45) is 5.58. The molecular weight excluding hydrogens is 410 g/mol. The molecule has 0 saturated carbocycles. The monoisotopic (exact) mass is 433 g/mol. The van der Waals surface area contributed by atoms with Crippen LogP contribution in [0.25, 0.3) is 17.1 Å². The van der Waals surface area contributed by atoms with E-state index in [1.165, 1.54) is 6.07 Å². The van der Waals surface area contributed by atoms with Crippen molar-refractivity contribution >= 4 is 0 Å². The van der Waals surface area contributed by atoms with E-state index in [0.29, 0.717) is 30.4 Å². The van der Waals surface area contributed by atoms with Crippen LogP contribution >= 0.6 is 0 Å². The lowest BCUT2D eigenvalue weighted by Crippen LogP contribution is -2.35.